The summed E-state index contributed by atoms with van der Waals surface area (Å²) in [6.45, 7) is 1.78. The number of halogens is 1. The molecule has 0 fully saturated rings. The minimum Gasteiger partial charge on any atom is -0.454 e. The molecule has 1 aliphatic heterocycles. The molecule has 1 amide bonds. The van der Waals surface area contributed by atoms with E-state index in [0.717, 1.165) is 29.3 Å². The van der Waals surface area contributed by atoms with E-state index in [1.165, 1.54) is 11.3 Å². The highest BCUT2D eigenvalue weighted by Gasteiger charge is 2.16. The molecule has 0 unspecified atom stereocenters. The summed E-state index contributed by atoms with van der Waals surface area (Å²) in [7, 11) is 1.89. The highest BCUT2D eigenvalue weighted by molar-refractivity contribution is 7.16. The number of amides is 1. The SMILES string of the molecule is CNCCCNC(=O)c1cnc(-c2ccc3c(c2)OCO3)s1.Cl. The first-order chi connectivity index (χ1) is 10.8. The highest BCUT2D eigenvalue weighted by atomic mass is 35.5. The second kappa shape index (κ2) is 8.14. The van der Waals surface area contributed by atoms with Crippen molar-refractivity contribution in [1.82, 2.24) is 15.6 Å². The molecule has 0 spiro atoms. The molecule has 0 saturated carbocycles. The van der Waals surface area contributed by atoms with Crippen LogP contribution in [0.3, 0.4) is 0 Å². The van der Waals surface area contributed by atoms with Crippen LogP contribution >= 0.6 is 23.7 Å². The minimum absolute atomic E-state index is 0. The number of hydrogen-bond donors (Lipinski definition) is 2. The Morgan fingerprint density at radius 1 is 1.30 bits per heavy atom. The van der Waals surface area contributed by atoms with E-state index in [0.29, 0.717) is 17.2 Å². The number of nitrogens with one attached hydrogen (secondary N) is 2. The van der Waals surface area contributed by atoms with Gasteiger partial charge in [-0.15, -0.1) is 23.7 Å². The van der Waals surface area contributed by atoms with Crippen molar-refractivity contribution in [3.05, 3.63) is 29.3 Å². The molecular formula is C15H18ClN3O3S. The lowest BCUT2D eigenvalue weighted by Gasteiger charge is -2.02. The maximum absolute atomic E-state index is 12.0. The second-order valence-electron chi connectivity index (χ2n) is 4.81. The topological polar surface area (TPSA) is 72.5 Å². The van der Waals surface area contributed by atoms with Crippen molar-refractivity contribution in [1.29, 1.82) is 0 Å². The standard InChI is InChI=1S/C15H17N3O3S.ClH/c1-16-5-2-6-17-14(19)13-8-18-15(22-13)10-3-4-11-12(7-10)21-9-20-11;/h3-4,7-8,16H,2,5-6,9H2,1H3,(H,17,19);1H. The van der Waals surface area contributed by atoms with Crippen LogP contribution in [0.25, 0.3) is 10.6 Å². The Balaban J connectivity index is 0.00000192. The van der Waals surface area contributed by atoms with E-state index in [1.807, 2.05) is 25.2 Å². The number of carbonyl (C=O) groups excluding carboxylic acids is 1. The van der Waals surface area contributed by atoms with E-state index in [2.05, 4.69) is 15.6 Å². The van der Waals surface area contributed by atoms with E-state index in [4.69, 9.17) is 9.47 Å². The summed E-state index contributed by atoms with van der Waals surface area (Å²) in [5.41, 5.74) is 0.920. The van der Waals surface area contributed by atoms with E-state index in [1.54, 1.807) is 6.20 Å². The molecule has 1 aromatic carbocycles. The van der Waals surface area contributed by atoms with Crippen molar-refractivity contribution in [3.63, 3.8) is 0 Å². The molecule has 1 aliphatic rings. The predicted molar refractivity (Wildman–Crippen MR) is 91.8 cm³/mol. The monoisotopic (exact) mass is 355 g/mol. The summed E-state index contributed by atoms with van der Waals surface area (Å²) in [5, 5.41) is 6.72. The van der Waals surface area contributed by atoms with Gasteiger partial charge >= 0.3 is 0 Å². The van der Waals surface area contributed by atoms with Gasteiger partial charge in [-0.2, -0.15) is 0 Å². The van der Waals surface area contributed by atoms with Crippen molar-refractivity contribution in [2.45, 2.75) is 6.42 Å². The molecule has 0 radical (unpaired) electrons. The fourth-order valence-electron chi connectivity index (χ4n) is 2.10. The first-order valence-corrected chi connectivity index (χ1v) is 7.88. The van der Waals surface area contributed by atoms with Crippen LogP contribution in [-0.4, -0.2) is 37.8 Å². The maximum atomic E-state index is 12.0. The fourth-order valence-corrected chi connectivity index (χ4v) is 2.93. The van der Waals surface area contributed by atoms with Gasteiger partial charge in [0.05, 0.1) is 6.20 Å². The number of thiazole rings is 1. The van der Waals surface area contributed by atoms with Crippen LogP contribution in [0.5, 0.6) is 11.5 Å². The number of nitrogens with zero attached hydrogens (tertiary/aromatic N) is 1. The normalized spacial score (nSPS) is 11.9. The molecule has 2 N–H and O–H groups in total. The summed E-state index contributed by atoms with van der Waals surface area (Å²) in [5.74, 6) is 1.37. The van der Waals surface area contributed by atoms with E-state index < -0.39 is 0 Å². The van der Waals surface area contributed by atoms with Gasteiger partial charge < -0.3 is 20.1 Å². The Hall–Kier alpha value is -1.83. The predicted octanol–water partition coefficient (Wildman–Crippen LogP) is 2.30. The van der Waals surface area contributed by atoms with Crippen molar-refractivity contribution >= 4 is 29.7 Å². The first-order valence-electron chi connectivity index (χ1n) is 7.06. The maximum Gasteiger partial charge on any atom is 0.263 e. The van der Waals surface area contributed by atoms with E-state index >= 15 is 0 Å². The van der Waals surface area contributed by atoms with Gasteiger partial charge in [-0.25, -0.2) is 4.98 Å². The Morgan fingerprint density at radius 3 is 2.96 bits per heavy atom. The van der Waals surface area contributed by atoms with Crippen molar-refractivity contribution in [2.24, 2.45) is 0 Å². The van der Waals surface area contributed by atoms with Crippen molar-refractivity contribution < 1.29 is 14.3 Å². The number of carbonyl (C=O) groups is 1. The molecule has 0 atom stereocenters. The zero-order valence-electron chi connectivity index (χ0n) is 12.6. The quantitative estimate of drug-likeness (QED) is 0.778. The molecule has 0 saturated heterocycles. The average molecular weight is 356 g/mol. The zero-order chi connectivity index (χ0) is 15.4. The molecule has 1 aromatic heterocycles. The van der Waals surface area contributed by atoms with Crippen LogP contribution in [0.15, 0.2) is 24.4 Å². The lowest BCUT2D eigenvalue weighted by Crippen LogP contribution is -2.25. The summed E-state index contributed by atoms with van der Waals surface area (Å²) in [4.78, 5) is 17.0. The van der Waals surface area contributed by atoms with Gasteiger partial charge in [0.15, 0.2) is 11.5 Å². The number of benzene rings is 1. The van der Waals surface area contributed by atoms with Gasteiger partial charge in [-0.1, -0.05) is 0 Å². The molecule has 0 aliphatic carbocycles. The Labute approximate surface area is 144 Å². The number of ether oxygens (including phenoxy) is 2. The summed E-state index contributed by atoms with van der Waals surface area (Å²) in [6.07, 6.45) is 2.51. The summed E-state index contributed by atoms with van der Waals surface area (Å²) < 4.78 is 10.6. The largest absolute Gasteiger partial charge is 0.454 e. The van der Waals surface area contributed by atoms with Crippen molar-refractivity contribution in [3.8, 4) is 22.1 Å². The van der Waals surface area contributed by atoms with E-state index in [9.17, 15) is 4.79 Å². The molecule has 8 heteroatoms. The molecular weight excluding hydrogens is 338 g/mol. The lowest BCUT2D eigenvalue weighted by atomic mass is 10.2. The number of aromatic nitrogens is 1. The third kappa shape index (κ3) is 4.13. The third-order valence-electron chi connectivity index (χ3n) is 3.24. The van der Waals surface area contributed by atoms with E-state index in [-0.39, 0.29) is 25.1 Å². The smallest absolute Gasteiger partial charge is 0.263 e. The van der Waals surface area contributed by atoms with Gasteiger partial charge in [-0.05, 0) is 38.2 Å². The lowest BCUT2D eigenvalue weighted by molar-refractivity contribution is 0.0957. The molecule has 2 heterocycles. The van der Waals surface area contributed by atoms with Crippen LogP contribution in [0.2, 0.25) is 0 Å². The Kier molecular flexibility index (Phi) is 6.20. The number of hydrogen-bond acceptors (Lipinski definition) is 6. The Morgan fingerprint density at radius 2 is 2.13 bits per heavy atom. The minimum atomic E-state index is -0.0828. The molecule has 3 rings (SSSR count). The van der Waals surface area contributed by atoms with Gasteiger partial charge in [0.2, 0.25) is 6.79 Å². The molecule has 0 bridgehead atoms. The van der Waals surface area contributed by atoms with Crippen LogP contribution in [0.1, 0.15) is 16.1 Å². The second-order valence-corrected chi connectivity index (χ2v) is 5.84. The number of rotatable bonds is 6. The van der Waals surface area contributed by atoms with Crippen molar-refractivity contribution in [2.75, 3.05) is 26.9 Å². The van der Waals surface area contributed by atoms with Gasteiger partial charge in [0, 0.05) is 12.1 Å². The van der Waals surface area contributed by atoms with Crippen LogP contribution in [0, 0.1) is 0 Å². The summed E-state index contributed by atoms with van der Waals surface area (Å²) >= 11 is 1.37. The van der Waals surface area contributed by atoms with Gasteiger partial charge in [0.1, 0.15) is 9.88 Å². The molecule has 2 aromatic rings. The highest BCUT2D eigenvalue weighted by Crippen LogP contribution is 2.36. The van der Waals surface area contributed by atoms with Crippen LogP contribution < -0.4 is 20.1 Å². The Bertz CT molecular complexity index is 678. The van der Waals surface area contributed by atoms with Crippen LogP contribution in [0.4, 0.5) is 0 Å². The van der Waals surface area contributed by atoms with Gasteiger partial charge in [0.25, 0.3) is 5.91 Å². The third-order valence-corrected chi connectivity index (χ3v) is 4.28. The molecule has 6 nitrogen and oxygen atoms in total. The van der Waals surface area contributed by atoms with Gasteiger partial charge in [-0.3, -0.25) is 4.79 Å². The average Bonchev–Trinajstić information content (AvgIpc) is 3.19. The molecule has 23 heavy (non-hydrogen) atoms. The zero-order valence-corrected chi connectivity index (χ0v) is 14.3. The summed E-state index contributed by atoms with van der Waals surface area (Å²) in [6, 6.07) is 5.66. The first kappa shape index (κ1) is 17.5. The van der Waals surface area contributed by atoms with Crippen LogP contribution in [-0.2, 0) is 0 Å². The fraction of sp³-hybridized carbons (Fsp3) is 0.333. The number of fused-ring (bicyclic) bond motifs is 1. The molecule has 124 valence electrons.